The maximum absolute atomic E-state index is 12.6. The highest BCUT2D eigenvalue weighted by Crippen LogP contribution is 2.20. The molecule has 0 aliphatic carbocycles. The number of benzene rings is 1. The highest BCUT2D eigenvalue weighted by Gasteiger charge is 2.28. The van der Waals surface area contributed by atoms with Crippen LogP contribution in [-0.4, -0.2) is 44.9 Å². The molecule has 122 valence electrons. The second-order valence-corrected chi connectivity index (χ2v) is 7.23. The molecule has 2 atom stereocenters. The first-order valence-corrected chi connectivity index (χ1v) is 8.15. The molecule has 2 N–H and O–H groups in total. The van der Waals surface area contributed by atoms with Crippen molar-refractivity contribution in [2.45, 2.75) is 37.4 Å². The van der Waals surface area contributed by atoms with Gasteiger partial charge in [-0.2, -0.15) is 4.31 Å². The van der Waals surface area contributed by atoms with E-state index < -0.39 is 10.0 Å². The van der Waals surface area contributed by atoms with E-state index in [1.807, 2.05) is 32.8 Å². The number of hydrogen-bond donors (Lipinski definition) is 1. The second-order valence-electron chi connectivity index (χ2n) is 5.23. The van der Waals surface area contributed by atoms with Crippen LogP contribution in [0, 0.1) is 0 Å². The summed E-state index contributed by atoms with van der Waals surface area (Å²) in [6, 6.07) is 6.67. The summed E-state index contributed by atoms with van der Waals surface area (Å²) in [6.07, 6.45) is 0.564. The van der Waals surface area contributed by atoms with Crippen LogP contribution in [0.5, 0.6) is 0 Å². The van der Waals surface area contributed by atoms with E-state index in [1.165, 1.54) is 4.31 Å². The summed E-state index contributed by atoms with van der Waals surface area (Å²) in [5.41, 5.74) is 6.70. The molecule has 0 aromatic heterocycles. The van der Waals surface area contributed by atoms with Crippen LogP contribution in [0.4, 0.5) is 0 Å². The lowest BCUT2D eigenvalue weighted by Gasteiger charge is -2.31. The summed E-state index contributed by atoms with van der Waals surface area (Å²) in [5, 5.41) is 0. The Morgan fingerprint density at radius 2 is 1.62 bits per heavy atom. The Kier molecular flexibility index (Phi) is 7.84. The van der Waals surface area contributed by atoms with Crippen molar-refractivity contribution in [1.82, 2.24) is 9.21 Å². The van der Waals surface area contributed by atoms with E-state index in [-0.39, 0.29) is 24.6 Å². The third-order valence-electron chi connectivity index (χ3n) is 3.46. The minimum Gasteiger partial charge on any atom is -0.324 e. The molecule has 0 saturated carbocycles. The van der Waals surface area contributed by atoms with Crippen molar-refractivity contribution in [2.75, 3.05) is 21.1 Å². The monoisotopic (exact) mass is 335 g/mol. The Labute approximate surface area is 134 Å². The van der Waals surface area contributed by atoms with Gasteiger partial charge in [-0.25, -0.2) is 8.42 Å². The Morgan fingerprint density at radius 1 is 1.14 bits per heavy atom. The molecule has 0 aliphatic rings. The first kappa shape index (κ1) is 20.3. The number of sulfonamides is 1. The molecule has 21 heavy (non-hydrogen) atoms. The first-order valence-electron chi connectivity index (χ1n) is 6.71. The number of rotatable bonds is 6. The molecule has 0 bridgehead atoms. The number of halogens is 1. The summed E-state index contributed by atoms with van der Waals surface area (Å²) >= 11 is 0. The van der Waals surface area contributed by atoms with Gasteiger partial charge in [-0.05, 0) is 45.1 Å². The van der Waals surface area contributed by atoms with E-state index >= 15 is 0 Å². The van der Waals surface area contributed by atoms with Gasteiger partial charge in [-0.3, -0.25) is 4.90 Å². The molecule has 0 radical (unpaired) electrons. The van der Waals surface area contributed by atoms with Crippen molar-refractivity contribution >= 4 is 22.4 Å². The normalized spacial score (nSPS) is 14.9. The quantitative estimate of drug-likeness (QED) is 0.808. The Balaban J connectivity index is 0.00000400. The lowest BCUT2D eigenvalue weighted by molar-refractivity contribution is 0.170. The van der Waals surface area contributed by atoms with Crippen LogP contribution in [0.25, 0.3) is 0 Å². The molecular formula is C14H26ClN3O2S. The molecular weight excluding hydrogens is 310 g/mol. The van der Waals surface area contributed by atoms with Gasteiger partial charge in [0.25, 0.3) is 0 Å². The molecule has 0 aliphatic heterocycles. The molecule has 0 heterocycles. The maximum atomic E-state index is 12.6. The number of hydrogen-bond acceptors (Lipinski definition) is 4. The van der Waals surface area contributed by atoms with E-state index in [4.69, 9.17) is 5.73 Å². The zero-order valence-electron chi connectivity index (χ0n) is 13.3. The zero-order chi connectivity index (χ0) is 15.5. The number of nitrogens with two attached hydrogens (primary N) is 1. The minimum atomic E-state index is -3.49. The van der Waals surface area contributed by atoms with Crippen LogP contribution in [0.3, 0.4) is 0 Å². The van der Waals surface area contributed by atoms with E-state index in [0.717, 1.165) is 12.0 Å². The standard InChI is InChI=1S/C14H25N3O2S.ClH/c1-6-14(16(3)4)17(5)20(18,19)13-9-7-12(8-10-13)11(2)15;/h7-11,14H,6,15H2,1-5H3;1H. The Bertz CT molecular complexity index is 530. The van der Waals surface area contributed by atoms with Crippen molar-refractivity contribution in [2.24, 2.45) is 5.73 Å². The molecule has 0 fully saturated rings. The summed E-state index contributed by atoms with van der Waals surface area (Å²) in [4.78, 5) is 2.19. The van der Waals surface area contributed by atoms with Gasteiger partial charge in [0.15, 0.2) is 0 Å². The predicted octanol–water partition coefficient (Wildman–Crippen LogP) is 2.05. The van der Waals surface area contributed by atoms with Gasteiger partial charge in [0.1, 0.15) is 0 Å². The largest absolute Gasteiger partial charge is 0.324 e. The highest BCUT2D eigenvalue weighted by molar-refractivity contribution is 7.89. The predicted molar refractivity (Wildman–Crippen MR) is 89.0 cm³/mol. The van der Waals surface area contributed by atoms with E-state index in [1.54, 1.807) is 31.3 Å². The fourth-order valence-electron chi connectivity index (χ4n) is 2.22. The topological polar surface area (TPSA) is 66.6 Å². The molecule has 1 aromatic rings. The van der Waals surface area contributed by atoms with Gasteiger partial charge in [-0.1, -0.05) is 19.1 Å². The molecule has 2 unspecified atom stereocenters. The van der Waals surface area contributed by atoms with Crippen molar-refractivity contribution in [3.05, 3.63) is 29.8 Å². The van der Waals surface area contributed by atoms with Crippen LogP contribution in [0.1, 0.15) is 31.9 Å². The summed E-state index contributed by atoms with van der Waals surface area (Å²) in [6.45, 7) is 3.84. The fourth-order valence-corrected chi connectivity index (χ4v) is 3.69. The third-order valence-corrected chi connectivity index (χ3v) is 5.33. The molecule has 5 nitrogen and oxygen atoms in total. The first-order chi connectivity index (χ1) is 9.21. The van der Waals surface area contributed by atoms with Gasteiger partial charge < -0.3 is 5.73 Å². The molecule has 1 aromatic carbocycles. The van der Waals surface area contributed by atoms with Crippen LogP contribution < -0.4 is 5.73 Å². The lowest BCUT2D eigenvalue weighted by atomic mass is 10.1. The Morgan fingerprint density at radius 3 is 1.95 bits per heavy atom. The van der Waals surface area contributed by atoms with Gasteiger partial charge >= 0.3 is 0 Å². The fraction of sp³-hybridized carbons (Fsp3) is 0.571. The highest BCUT2D eigenvalue weighted by atomic mass is 35.5. The second kappa shape index (κ2) is 8.10. The summed E-state index contributed by atoms with van der Waals surface area (Å²) in [5.74, 6) is 0. The van der Waals surface area contributed by atoms with Crippen LogP contribution in [0.2, 0.25) is 0 Å². The van der Waals surface area contributed by atoms with Gasteiger partial charge in [0.2, 0.25) is 10.0 Å². The van der Waals surface area contributed by atoms with Gasteiger partial charge in [-0.15, -0.1) is 12.4 Å². The van der Waals surface area contributed by atoms with Crippen LogP contribution >= 0.6 is 12.4 Å². The van der Waals surface area contributed by atoms with Crippen molar-refractivity contribution < 1.29 is 8.42 Å². The summed E-state index contributed by atoms with van der Waals surface area (Å²) in [7, 11) is 1.88. The maximum Gasteiger partial charge on any atom is 0.244 e. The van der Waals surface area contributed by atoms with Crippen molar-refractivity contribution in [1.29, 1.82) is 0 Å². The van der Waals surface area contributed by atoms with Gasteiger partial charge in [0, 0.05) is 13.1 Å². The molecule has 7 heteroatoms. The van der Waals surface area contributed by atoms with Crippen molar-refractivity contribution in [3.8, 4) is 0 Å². The molecule has 1 rings (SSSR count). The Hall–Kier alpha value is -0.660. The summed E-state index contributed by atoms with van der Waals surface area (Å²) < 4.78 is 26.6. The smallest absolute Gasteiger partial charge is 0.244 e. The van der Waals surface area contributed by atoms with Crippen molar-refractivity contribution in [3.63, 3.8) is 0 Å². The van der Waals surface area contributed by atoms with E-state index in [9.17, 15) is 8.42 Å². The third kappa shape index (κ3) is 4.66. The van der Waals surface area contributed by atoms with E-state index in [2.05, 4.69) is 0 Å². The minimum absolute atomic E-state index is 0. The molecule has 0 amide bonds. The molecule has 0 saturated heterocycles. The zero-order valence-corrected chi connectivity index (χ0v) is 14.9. The average molecular weight is 336 g/mol. The van der Waals surface area contributed by atoms with Crippen LogP contribution in [-0.2, 0) is 10.0 Å². The van der Waals surface area contributed by atoms with E-state index in [0.29, 0.717) is 4.90 Å². The van der Waals surface area contributed by atoms with Crippen LogP contribution in [0.15, 0.2) is 29.2 Å². The average Bonchev–Trinajstić information content (AvgIpc) is 2.39. The lowest BCUT2D eigenvalue weighted by Crippen LogP contribution is -2.45. The number of nitrogens with zero attached hydrogens (tertiary/aromatic N) is 2. The SMILES string of the molecule is CCC(N(C)C)N(C)S(=O)(=O)c1ccc(C(C)N)cc1.Cl. The molecule has 0 spiro atoms. The van der Waals surface area contributed by atoms with Gasteiger partial charge in [0.05, 0.1) is 11.1 Å².